The van der Waals surface area contributed by atoms with Gasteiger partial charge < -0.3 is 15.5 Å². The summed E-state index contributed by atoms with van der Waals surface area (Å²) in [6.07, 6.45) is 19.2. The number of phenols is 2. The molecule has 1 rings (SSSR count). The number of aromatic hydroxyl groups is 2. The van der Waals surface area contributed by atoms with Crippen molar-refractivity contribution >= 4 is 5.69 Å². The number of nitro groups is 1. The number of hydrogen-bond acceptors (Lipinski definition) is 5. The first-order valence-corrected chi connectivity index (χ1v) is 12.0. The standard InChI is InChI=1S/C24H42N2O4/c1-2-3-4-5-6-7-8-9-10-11-12-13-14-15-17-25-18-16-21-19-23(27)24(28)20-22(21)26(29)30/h19-20,25,27-28H,2-18H2,1H3. The van der Waals surface area contributed by atoms with Crippen molar-refractivity contribution in [3.05, 3.63) is 27.8 Å². The number of unbranched alkanes of at least 4 members (excludes halogenated alkanes) is 13. The predicted molar refractivity (Wildman–Crippen MR) is 123 cm³/mol. The predicted octanol–water partition coefficient (Wildman–Crippen LogP) is 6.62. The van der Waals surface area contributed by atoms with Crippen LogP contribution in [0.4, 0.5) is 5.69 Å². The van der Waals surface area contributed by atoms with Crippen molar-refractivity contribution in [2.24, 2.45) is 0 Å². The molecule has 0 aliphatic heterocycles. The molecule has 0 aromatic heterocycles. The van der Waals surface area contributed by atoms with Crippen LogP contribution < -0.4 is 5.32 Å². The molecule has 0 aliphatic carbocycles. The van der Waals surface area contributed by atoms with Crippen LogP contribution in [-0.2, 0) is 6.42 Å². The Balaban J connectivity index is 1.94. The molecule has 0 aliphatic rings. The summed E-state index contributed by atoms with van der Waals surface area (Å²) in [5.74, 6) is -0.775. The highest BCUT2D eigenvalue weighted by atomic mass is 16.6. The normalized spacial score (nSPS) is 11.1. The van der Waals surface area contributed by atoms with Gasteiger partial charge in [0.2, 0.25) is 0 Å². The second-order valence-electron chi connectivity index (χ2n) is 8.32. The van der Waals surface area contributed by atoms with Crippen molar-refractivity contribution in [3.8, 4) is 11.5 Å². The summed E-state index contributed by atoms with van der Waals surface area (Å²) in [6.45, 7) is 3.78. The zero-order valence-corrected chi connectivity index (χ0v) is 18.8. The van der Waals surface area contributed by atoms with E-state index in [1.54, 1.807) is 0 Å². The lowest BCUT2D eigenvalue weighted by atomic mass is 10.0. The second kappa shape index (κ2) is 16.9. The van der Waals surface area contributed by atoms with Gasteiger partial charge in [-0.2, -0.15) is 0 Å². The average molecular weight is 423 g/mol. The number of benzene rings is 1. The minimum absolute atomic E-state index is 0.149. The van der Waals surface area contributed by atoms with Crippen molar-refractivity contribution in [2.45, 2.75) is 103 Å². The lowest BCUT2D eigenvalue weighted by molar-refractivity contribution is -0.385. The number of nitrogens with zero attached hydrogens (tertiary/aromatic N) is 1. The van der Waals surface area contributed by atoms with Crippen LogP contribution in [0, 0.1) is 10.1 Å². The van der Waals surface area contributed by atoms with Crippen LogP contribution in [-0.4, -0.2) is 28.2 Å². The summed E-state index contributed by atoms with van der Waals surface area (Å²) in [5.41, 5.74) is 0.285. The molecule has 0 radical (unpaired) electrons. The maximum absolute atomic E-state index is 11.1. The van der Waals surface area contributed by atoms with E-state index in [4.69, 9.17) is 0 Å². The maximum Gasteiger partial charge on any atom is 0.276 e. The number of hydrogen-bond donors (Lipinski definition) is 3. The van der Waals surface area contributed by atoms with E-state index in [-0.39, 0.29) is 11.4 Å². The fraction of sp³-hybridized carbons (Fsp3) is 0.750. The van der Waals surface area contributed by atoms with Crippen molar-refractivity contribution < 1.29 is 15.1 Å². The van der Waals surface area contributed by atoms with E-state index in [2.05, 4.69) is 12.2 Å². The van der Waals surface area contributed by atoms with E-state index in [0.29, 0.717) is 18.5 Å². The van der Waals surface area contributed by atoms with Gasteiger partial charge in [0.25, 0.3) is 5.69 Å². The summed E-state index contributed by atoms with van der Waals surface area (Å²) >= 11 is 0. The third kappa shape index (κ3) is 12.0. The Hall–Kier alpha value is -1.82. The first-order chi connectivity index (χ1) is 14.6. The summed E-state index contributed by atoms with van der Waals surface area (Å²) in [7, 11) is 0. The zero-order valence-electron chi connectivity index (χ0n) is 18.8. The van der Waals surface area contributed by atoms with E-state index in [0.717, 1.165) is 19.0 Å². The number of nitro benzene ring substituents is 1. The Bertz CT molecular complexity index is 593. The molecule has 30 heavy (non-hydrogen) atoms. The molecule has 0 unspecified atom stereocenters. The molecular formula is C24H42N2O4. The molecule has 0 saturated carbocycles. The van der Waals surface area contributed by atoms with Crippen LogP contribution in [0.1, 0.15) is 102 Å². The maximum atomic E-state index is 11.1. The molecule has 0 bridgehead atoms. The molecule has 172 valence electrons. The van der Waals surface area contributed by atoms with Gasteiger partial charge in [-0.15, -0.1) is 0 Å². The highest BCUT2D eigenvalue weighted by molar-refractivity contribution is 5.53. The van der Waals surface area contributed by atoms with Crippen molar-refractivity contribution in [3.63, 3.8) is 0 Å². The highest BCUT2D eigenvalue weighted by Gasteiger charge is 2.17. The van der Waals surface area contributed by atoms with E-state index in [1.807, 2.05) is 0 Å². The molecule has 6 nitrogen and oxygen atoms in total. The van der Waals surface area contributed by atoms with E-state index in [1.165, 1.54) is 89.5 Å². The van der Waals surface area contributed by atoms with Crippen LogP contribution in [0.15, 0.2) is 12.1 Å². The molecule has 1 aromatic carbocycles. The molecule has 3 N–H and O–H groups in total. The Labute approximate surface area is 182 Å². The minimum Gasteiger partial charge on any atom is -0.504 e. The number of nitrogens with one attached hydrogen (secondary N) is 1. The van der Waals surface area contributed by atoms with Gasteiger partial charge in [-0.05, 0) is 32.0 Å². The highest BCUT2D eigenvalue weighted by Crippen LogP contribution is 2.32. The second-order valence-corrected chi connectivity index (χ2v) is 8.32. The first kappa shape index (κ1) is 26.2. The topological polar surface area (TPSA) is 95.6 Å². The molecule has 0 fully saturated rings. The smallest absolute Gasteiger partial charge is 0.276 e. The van der Waals surface area contributed by atoms with Crippen LogP contribution in [0.3, 0.4) is 0 Å². The number of phenolic OH excluding ortho intramolecular Hbond substituents is 2. The Kier molecular flexibility index (Phi) is 14.8. The van der Waals surface area contributed by atoms with Gasteiger partial charge in [-0.1, -0.05) is 90.4 Å². The minimum atomic E-state index is -0.526. The Morgan fingerprint density at radius 1 is 0.767 bits per heavy atom. The largest absolute Gasteiger partial charge is 0.504 e. The quantitative estimate of drug-likeness (QED) is 0.101. The molecule has 0 heterocycles. The zero-order chi connectivity index (χ0) is 22.0. The van der Waals surface area contributed by atoms with Gasteiger partial charge in [0.1, 0.15) is 0 Å². The lowest BCUT2D eigenvalue weighted by Crippen LogP contribution is -2.18. The first-order valence-electron chi connectivity index (χ1n) is 12.0. The summed E-state index contributed by atoms with van der Waals surface area (Å²) < 4.78 is 0. The third-order valence-electron chi connectivity index (χ3n) is 5.65. The van der Waals surface area contributed by atoms with Gasteiger partial charge in [-0.3, -0.25) is 10.1 Å². The molecule has 0 atom stereocenters. The molecule has 0 amide bonds. The molecule has 0 saturated heterocycles. The third-order valence-corrected chi connectivity index (χ3v) is 5.65. The Morgan fingerprint density at radius 3 is 1.73 bits per heavy atom. The van der Waals surface area contributed by atoms with Gasteiger partial charge in [0.15, 0.2) is 11.5 Å². The fourth-order valence-electron chi connectivity index (χ4n) is 3.77. The fourth-order valence-corrected chi connectivity index (χ4v) is 3.77. The van der Waals surface area contributed by atoms with E-state index >= 15 is 0 Å². The van der Waals surface area contributed by atoms with Crippen LogP contribution in [0.2, 0.25) is 0 Å². The number of rotatable bonds is 19. The van der Waals surface area contributed by atoms with Crippen molar-refractivity contribution in [2.75, 3.05) is 13.1 Å². The van der Waals surface area contributed by atoms with Gasteiger partial charge in [0, 0.05) is 5.56 Å². The summed E-state index contributed by atoms with van der Waals surface area (Å²) in [4.78, 5) is 10.5. The monoisotopic (exact) mass is 422 g/mol. The van der Waals surface area contributed by atoms with Gasteiger partial charge in [-0.25, -0.2) is 0 Å². The van der Waals surface area contributed by atoms with Gasteiger partial charge in [0.05, 0.1) is 11.0 Å². The van der Waals surface area contributed by atoms with Crippen LogP contribution in [0.25, 0.3) is 0 Å². The van der Waals surface area contributed by atoms with E-state index in [9.17, 15) is 20.3 Å². The molecule has 1 aromatic rings. The molecule has 0 spiro atoms. The Morgan fingerprint density at radius 2 is 1.23 bits per heavy atom. The van der Waals surface area contributed by atoms with Gasteiger partial charge >= 0.3 is 0 Å². The molecular weight excluding hydrogens is 380 g/mol. The van der Waals surface area contributed by atoms with Crippen molar-refractivity contribution in [1.29, 1.82) is 0 Å². The lowest BCUT2D eigenvalue weighted by Gasteiger charge is -2.07. The van der Waals surface area contributed by atoms with Crippen molar-refractivity contribution in [1.82, 2.24) is 5.32 Å². The summed E-state index contributed by atoms with van der Waals surface area (Å²) in [6, 6.07) is 2.29. The average Bonchev–Trinajstić information content (AvgIpc) is 2.72. The summed E-state index contributed by atoms with van der Waals surface area (Å²) in [5, 5.41) is 33.4. The SMILES string of the molecule is CCCCCCCCCCCCCCCCNCCc1cc(O)c(O)cc1[N+](=O)[O-]. The molecule has 6 heteroatoms. The van der Waals surface area contributed by atoms with E-state index < -0.39 is 10.7 Å². The van der Waals surface area contributed by atoms with Crippen LogP contribution in [0.5, 0.6) is 11.5 Å². The van der Waals surface area contributed by atoms with Crippen LogP contribution >= 0.6 is 0 Å².